The Bertz CT molecular complexity index is 228. The van der Waals surface area contributed by atoms with Crippen LogP contribution in [0.5, 0.6) is 0 Å². The van der Waals surface area contributed by atoms with Crippen LogP contribution in [0, 0.1) is 12.8 Å². The molecule has 0 spiro atoms. The molecule has 0 saturated carbocycles. The zero-order chi connectivity index (χ0) is 12.1. The van der Waals surface area contributed by atoms with Gasteiger partial charge in [0.15, 0.2) is 0 Å². The molecule has 0 aromatic heterocycles. The van der Waals surface area contributed by atoms with Crippen LogP contribution in [0.4, 0.5) is 4.79 Å². The first-order chi connectivity index (χ1) is 6.94. The molecule has 1 heterocycles. The van der Waals surface area contributed by atoms with Gasteiger partial charge in [0.05, 0.1) is 6.04 Å². The van der Waals surface area contributed by atoms with E-state index in [-0.39, 0.29) is 11.7 Å². The van der Waals surface area contributed by atoms with E-state index in [1.165, 1.54) is 0 Å². The van der Waals surface area contributed by atoms with Crippen molar-refractivity contribution in [2.24, 2.45) is 0 Å². The molecule has 86 valence electrons. The van der Waals surface area contributed by atoms with Crippen LogP contribution < -0.4 is 0 Å². The van der Waals surface area contributed by atoms with E-state index >= 15 is 0 Å². The number of hydrogen-bond acceptors (Lipinski definition) is 2. The van der Waals surface area contributed by atoms with Gasteiger partial charge in [0, 0.05) is 6.54 Å². The van der Waals surface area contributed by atoms with Gasteiger partial charge in [-0.05, 0) is 27.2 Å². The van der Waals surface area contributed by atoms with Crippen LogP contribution in [-0.2, 0) is 4.74 Å². The molecule has 1 fully saturated rings. The van der Waals surface area contributed by atoms with Crippen molar-refractivity contribution < 1.29 is 9.53 Å². The third kappa shape index (κ3) is 5.31. The summed E-state index contributed by atoms with van der Waals surface area (Å²) < 4.78 is 5.23. The van der Waals surface area contributed by atoms with Crippen LogP contribution in [-0.4, -0.2) is 29.2 Å². The molecule has 1 saturated heterocycles. The molecule has 0 N–H and O–H groups in total. The van der Waals surface area contributed by atoms with Crippen LogP contribution in [0.3, 0.4) is 0 Å². The quantitative estimate of drug-likeness (QED) is 0.519. The summed E-state index contributed by atoms with van der Waals surface area (Å²) in [6.45, 7) is 8.68. The summed E-state index contributed by atoms with van der Waals surface area (Å²) in [7, 11) is 0. The fourth-order valence-electron chi connectivity index (χ4n) is 1.30. The Morgan fingerprint density at radius 1 is 1.47 bits per heavy atom. The minimum Gasteiger partial charge on any atom is -0.444 e. The molecule has 3 heteroatoms. The van der Waals surface area contributed by atoms with Gasteiger partial charge >= 0.3 is 6.09 Å². The second kappa shape index (κ2) is 5.65. The first kappa shape index (κ1) is 13.8. The average Bonchev–Trinajstić information content (AvgIpc) is 2.85. The number of carbonyl (C=O) groups is 1. The van der Waals surface area contributed by atoms with Gasteiger partial charge in [-0.2, -0.15) is 0 Å². The van der Waals surface area contributed by atoms with Crippen LogP contribution in [0.15, 0.2) is 0 Å². The Balaban J connectivity index is 0.000000921. The molecule has 0 aromatic rings. The van der Waals surface area contributed by atoms with E-state index in [2.05, 4.69) is 19.8 Å². The molecule has 0 aromatic carbocycles. The maximum Gasteiger partial charge on any atom is 0.410 e. The van der Waals surface area contributed by atoms with E-state index in [4.69, 9.17) is 4.74 Å². The third-order valence-corrected chi connectivity index (χ3v) is 1.96. The highest BCUT2D eigenvalue weighted by Gasteiger charge is 2.39. The SMILES string of the molecule is C#C.CCCC1CN1C(=O)OC(C)(C)C. The second-order valence-electron chi connectivity index (χ2n) is 4.58. The highest BCUT2D eigenvalue weighted by atomic mass is 16.6. The highest BCUT2D eigenvalue weighted by Crippen LogP contribution is 2.24. The number of rotatable bonds is 2. The summed E-state index contributed by atoms with van der Waals surface area (Å²) in [6, 6.07) is 0.444. The van der Waals surface area contributed by atoms with Crippen molar-refractivity contribution in [1.82, 2.24) is 4.90 Å². The summed E-state index contributed by atoms with van der Waals surface area (Å²) >= 11 is 0. The van der Waals surface area contributed by atoms with Crippen LogP contribution in [0.25, 0.3) is 0 Å². The number of ether oxygens (including phenoxy) is 1. The minimum absolute atomic E-state index is 0.161. The first-order valence-electron chi connectivity index (χ1n) is 5.27. The van der Waals surface area contributed by atoms with E-state index in [0.29, 0.717) is 6.04 Å². The van der Waals surface area contributed by atoms with Gasteiger partial charge < -0.3 is 9.64 Å². The van der Waals surface area contributed by atoms with E-state index in [9.17, 15) is 4.79 Å². The largest absolute Gasteiger partial charge is 0.444 e. The van der Waals surface area contributed by atoms with Crippen molar-refractivity contribution in [3.63, 3.8) is 0 Å². The molecular weight excluding hydrogens is 190 g/mol. The lowest BCUT2D eigenvalue weighted by molar-refractivity contribution is 0.0405. The van der Waals surface area contributed by atoms with Gasteiger partial charge in [-0.3, -0.25) is 0 Å². The van der Waals surface area contributed by atoms with Gasteiger partial charge in [0.1, 0.15) is 5.60 Å². The Kier molecular flexibility index (Phi) is 5.21. The number of nitrogens with zero attached hydrogens (tertiary/aromatic N) is 1. The molecule has 1 unspecified atom stereocenters. The molecule has 1 atom stereocenters. The first-order valence-corrected chi connectivity index (χ1v) is 5.27. The van der Waals surface area contributed by atoms with E-state index in [1.807, 2.05) is 20.8 Å². The fraction of sp³-hybridized carbons (Fsp3) is 0.750. The van der Waals surface area contributed by atoms with Gasteiger partial charge in [-0.15, -0.1) is 12.8 Å². The number of hydrogen-bond donors (Lipinski definition) is 0. The van der Waals surface area contributed by atoms with Crippen molar-refractivity contribution in [2.45, 2.75) is 52.2 Å². The maximum absolute atomic E-state index is 11.4. The Hall–Kier alpha value is -1.17. The summed E-state index contributed by atoms with van der Waals surface area (Å²) in [5, 5.41) is 0. The molecule has 3 nitrogen and oxygen atoms in total. The third-order valence-electron chi connectivity index (χ3n) is 1.96. The van der Waals surface area contributed by atoms with E-state index < -0.39 is 0 Å². The standard InChI is InChI=1S/C10H19NO2.C2H2/c1-5-6-8-7-11(8)9(12)13-10(2,3)4;1-2/h8H,5-7H2,1-4H3;1-2H. The number of carbonyl (C=O) groups excluding carboxylic acids is 1. The van der Waals surface area contributed by atoms with Crippen LogP contribution in [0.2, 0.25) is 0 Å². The lowest BCUT2D eigenvalue weighted by Crippen LogP contribution is -2.27. The van der Waals surface area contributed by atoms with Crippen LogP contribution in [0.1, 0.15) is 40.5 Å². The van der Waals surface area contributed by atoms with Gasteiger partial charge in [-0.25, -0.2) is 4.79 Å². The highest BCUT2D eigenvalue weighted by molar-refractivity contribution is 5.71. The topological polar surface area (TPSA) is 29.3 Å². The van der Waals surface area contributed by atoms with Crippen molar-refractivity contribution in [1.29, 1.82) is 0 Å². The summed E-state index contributed by atoms with van der Waals surface area (Å²) in [4.78, 5) is 13.2. The number of terminal acetylenes is 1. The molecule has 15 heavy (non-hydrogen) atoms. The van der Waals surface area contributed by atoms with Crippen molar-refractivity contribution in [2.75, 3.05) is 6.54 Å². The zero-order valence-electron chi connectivity index (χ0n) is 10.1. The van der Waals surface area contributed by atoms with Gasteiger partial charge in [-0.1, -0.05) is 13.3 Å². The van der Waals surface area contributed by atoms with Crippen LogP contribution >= 0.6 is 0 Å². The Morgan fingerprint density at radius 3 is 2.40 bits per heavy atom. The maximum atomic E-state index is 11.4. The number of amides is 1. The molecule has 1 aliphatic rings. The van der Waals surface area contributed by atoms with Gasteiger partial charge in [0.2, 0.25) is 0 Å². The molecule has 1 rings (SSSR count). The molecule has 0 radical (unpaired) electrons. The van der Waals surface area contributed by atoms with Crippen molar-refractivity contribution in [3.05, 3.63) is 0 Å². The lowest BCUT2D eigenvalue weighted by atomic mass is 10.2. The minimum atomic E-state index is -0.365. The summed E-state index contributed by atoms with van der Waals surface area (Å²) in [6.07, 6.45) is 10.1. The normalized spacial score (nSPS) is 18.8. The van der Waals surface area contributed by atoms with E-state index in [1.54, 1.807) is 4.90 Å². The Labute approximate surface area is 92.8 Å². The lowest BCUT2D eigenvalue weighted by Gasteiger charge is -2.19. The average molecular weight is 211 g/mol. The molecular formula is C12H21NO2. The Morgan fingerprint density at radius 2 is 2.00 bits per heavy atom. The van der Waals surface area contributed by atoms with Crippen molar-refractivity contribution >= 4 is 6.09 Å². The molecule has 0 aliphatic carbocycles. The predicted octanol–water partition coefficient (Wildman–Crippen LogP) is 2.66. The molecule has 1 aliphatic heterocycles. The molecule has 0 bridgehead atoms. The predicted molar refractivity (Wildman–Crippen MR) is 61.5 cm³/mol. The summed E-state index contributed by atoms with van der Waals surface area (Å²) in [5.41, 5.74) is -0.365. The smallest absolute Gasteiger partial charge is 0.410 e. The summed E-state index contributed by atoms with van der Waals surface area (Å²) in [5.74, 6) is 0. The monoisotopic (exact) mass is 211 g/mol. The zero-order valence-corrected chi connectivity index (χ0v) is 10.1. The van der Waals surface area contributed by atoms with Gasteiger partial charge in [0.25, 0.3) is 0 Å². The molecule has 1 amide bonds. The van der Waals surface area contributed by atoms with Crippen molar-refractivity contribution in [3.8, 4) is 12.8 Å². The second-order valence-corrected chi connectivity index (χ2v) is 4.58. The van der Waals surface area contributed by atoms with E-state index in [0.717, 1.165) is 19.4 Å². The fourth-order valence-corrected chi connectivity index (χ4v) is 1.30.